The molecular formula is C12H19N3O2. The van der Waals surface area contributed by atoms with Gasteiger partial charge in [0.2, 0.25) is 5.91 Å². The van der Waals surface area contributed by atoms with Gasteiger partial charge in [0.25, 0.3) is 0 Å². The Kier molecular flexibility index (Phi) is 3.47. The third kappa shape index (κ3) is 2.49. The molecule has 0 spiro atoms. The molecule has 1 aromatic heterocycles. The van der Waals surface area contributed by atoms with Crippen molar-refractivity contribution in [1.29, 1.82) is 0 Å². The molecule has 2 rings (SSSR count). The van der Waals surface area contributed by atoms with Crippen LogP contribution in [0, 0.1) is 12.3 Å². The second-order valence-corrected chi connectivity index (χ2v) is 4.80. The number of nitrogens with one attached hydrogen (secondary N) is 1. The van der Waals surface area contributed by atoms with Crippen molar-refractivity contribution in [3.63, 3.8) is 0 Å². The van der Waals surface area contributed by atoms with Crippen molar-refractivity contribution in [3.05, 3.63) is 17.5 Å². The molecule has 94 valence electrons. The number of aryl methyl sites for hydroxylation is 1. The van der Waals surface area contributed by atoms with E-state index in [-0.39, 0.29) is 11.3 Å². The van der Waals surface area contributed by atoms with Crippen LogP contribution in [0.3, 0.4) is 0 Å². The molecule has 1 aromatic rings. The van der Waals surface area contributed by atoms with Crippen molar-refractivity contribution in [3.8, 4) is 0 Å². The van der Waals surface area contributed by atoms with E-state index in [2.05, 4.69) is 10.5 Å². The van der Waals surface area contributed by atoms with Gasteiger partial charge in [-0.15, -0.1) is 0 Å². The van der Waals surface area contributed by atoms with Crippen LogP contribution < -0.4 is 11.1 Å². The summed E-state index contributed by atoms with van der Waals surface area (Å²) in [6.07, 6.45) is 3.97. The molecule has 5 nitrogen and oxygen atoms in total. The maximum atomic E-state index is 12.1. The smallest absolute Gasteiger partial charge is 0.227 e. The summed E-state index contributed by atoms with van der Waals surface area (Å²) in [6, 6.07) is 1.82. The SMILES string of the molecule is Cc1cc(CNC(=O)C2(CN)CCCC2)no1. The largest absolute Gasteiger partial charge is 0.361 e. The minimum absolute atomic E-state index is 0.0538. The molecule has 0 saturated heterocycles. The fourth-order valence-corrected chi connectivity index (χ4v) is 2.44. The van der Waals surface area contributed by atoms with E-state index in [9.17, 15) is 4.79 Å². The molecule has 1 amide bonds. The Bertz CT molecular complexity index is 394. The normalized spacial score (nSPS) is 18.2. The van der Waals surface area contributed by atoms with Crippen LogP contribution in [0.15, 0.2) is 10.6 Å². The lowest BCUT2D eigenvalue weighted by Gasteiger charge is -2.25. The lowest BCUT2D eigenvalue weighted by Crippen LogP contribution is -2.43. The maximum absolute atomic E-state index is 12.1. The Hall–Kier alpha value is -1.36. The maximum Gasteiger partial charge on any atom is 0.227 e. The average Bonchev–Trinajstić information content (AvgIpc) is 2.95. The van der Waals surface area contributed by atoms with Gasteiger partial charge in [-0.3, -0.25) is 4.79 Å². The lowest BCUT2D eigenvalue weighted by molar-refractivity contribution is -0.130. The standard InChI is InChI=1S/C12H19N3O2/c1-9-6-10(15-17-9)7-14-11(16)12(8-13)4-2-3-5-12/h6H,2-5,7-8,13H2,1H3,(H,14,16). The molecule has 3 N–H and O–H groups in total. The van der Waals surface area contributed by atoms with Gasteiger partial charge in [-0.2, -0.15) is 0 Å². The molecule has 0 aliphatic heterocycles. The van der Waals surface area contributed by atoms with Crippen molar-refractivity contribution in [2.24, 2.45) is 11.1 Å². The molecule has 1 aliphatic rings. The predicted molar refractivity (Wildman–Crippen MR) is 63.0 cm³/mol. The molecule has 1 fully saturated rings. The summed E-state index contributed by atoms with van der Waals surface area (Å²) in [5.41, 5.74) is 6.15. The van der Waals surface area contributed by atoms with Crippen LogP contribution in [0.2, 0.25) is 0 Å². The van der Waals surface area contributed by atoms with E-state index in [0.717, 1.165) is 37.1 Å². The zero-order valence-electron chi connectivity index (χ0n) is 10.2. The highest BCUT2D eigenvalue weighted by atomic mass is 16.5. The summed E-state index contributed by atoms with van der Waals surface area (Å²) in [5.74, 6) is 0.807. The van der Waals surface area contributed by atoms with E-state index < -0.39 is 0 Å². The summed E-state index contributed by atoms with van der Waals surface area (Å²) in [6.45, 7) is 2.67. The van der Waals surface area contributed by atoms with E-state index in [1.165, 1.54) is 0 Å². The van der Waals surface area contributed by atoms with Gasteiger partial charge < -0.3 is 15.6 Å². The zero-order chi connectivity index (χ0) is 12.3. The van der Waals surface area contributed by atoms with Gasteiger partial charge in [0, 0.05) is 12.6 Å². The first-order valence-corrected chi connectivity index (χ1v) is 6.07. The Morgan fingerprint density at radius 1 is 1.59 bits per heavy atom. The van der Waals surface area contributed by atoms with Gasteiger partial charge in [0.05, 0.1) is 12.0 Å². The van der Waals surface area contributed by atoms with Crippen molar-refractivity contribution >= 4 is 5.91 Å². The van der Waals surface area contributed by atoms with Crippen molar-refractivity contribution < 1.29 is 9.32 Å². The van der Waals surface area contributed by atoms with Crippen LogP contribution in [0.4, 0.5) is 0 Å². The number of aromatic nitrogens is 1. The Labute approximate surface area is 101 Å². The molecule has 0 atom stereocenters. The Morgan fingerprint density at radius 3 is 2.82 bits per heavy atom. The highest BCUT2D eigenvalue weighted by Crippen LogP contribution is 2.37. The van der Waals surface area contributed by atoms with Gasteiger partial charge in [-0.05, 0) is 19.8 Å². The van der Waals surface area contributed by atoms with Gasteiger partial charge in [0.15, 0.2) is 0 Å². The number of nitrogens with two attached hydrogens (primary N) is 1. The number of rotatable bonds is 4. The quantitative estimate of drug-likeness (QED) is 0.822. The number of nitrogens with zero attached hydrogens (tertiary/aromatic N) is 1. The second kappa shape index (κ2) is 4.87. The van der Waals surface area contributed by atoms with Gasteiger partial charge in [-0.1, -0.05) is 18.0 Å². The zero-order valence-corrected chi connectivity index (χ0v) is 10.2. The van der Waals surface area contributed by atoms with E-state index in [4.69, 9.17) is 10.3 Å². The van der Waals surface area contributed by atoms with Crippen molar-refractivity contribution in [1.82, 2.24) is 10.5 Å². The minimum Gasteiger partial charge on any atom is -0.361 e. The molecule has 1 heterocycles. The Balaban J connectivity index is 1.92. The summed E-state index contributed by atoms with van der Waals surface area (Å²) < 4.78 is 4.95. The van der Waals surface area contributed by atoms with Gasteiger partial charge in [-0.25, -0.2) is 0 Å². The summed E-state index contributed by atoms with van der Waals surface area (Å²) in [7, 11) is 0. The van der Waals surface area contributed by atoms with Crippen molar-refractivity contribution in [2.75, 3.05) is 6.54 Å². The highest BCUT2D eigenvalue weighted by Gasteiger charge is 2.39. The molecule has 5 heteroatoms. The monoisotopic (exact) mass is 237 g/mol. The molecule has 0 radical (unpaired) electrons. The van der Waals surface area contributed by atoms with Gasteiger partial charge in [0.1, 0.15) is 11.5 Å². The molecule has 1 aliphatic carbocycles. The molecular weight excluding hydrogens is 218 g/mol. The number of hydrogen-bond donors (Lipinski definition) is 2. The van der Waals surface area contributed by atoms with E-state index in [0.29, 0.717) is 13.1 Å². The molecule has 0 bridgehead atoms. The van der Waals surface area contributed by atoms with Crippen LogP contribution >= 0.6 is 0 Å². The van der Waals surface area contributed by atoms with E-state index >= 15 is 0 Å². The summed E-state index contributed by atoms with van der Waals surface area (Å²) in [5, 5.41) is 6.75. The van der Waals surface area contributed by atoms with Crippen LogP contribution in [-0.4, -0.2) is 17.6 Å². The molecule has 0 aromatic carbocycles. The van der Waals surface area contributed by atoms with E-state index in [1.807, 2.05) is 13.0 Å². The van der Waals surface area contributed by atoms with Crippen LogP contribution in [-0.2, 0) is 11.3 Å². The van der Waals surface area contributed by atoms with Crippen LogP contribution in [0.25, 0.3) is 0 Å². The fraction of sp³-hybridized carbons (Fsp3) is 0.667. The highest BCUT2D eigenvalue weighted by molar-refractivity contribution is 5.83. The Morgan fingerprint density at radius 2 is 2.29 bits per heavy atom. The third-order valence-electron chi connectivity index (χ3n) is 3.54. The number of hydrogen-bond acceptors (Lipinski definition) is 4. The second-order valence-electron chi connectivity index (χ2n) is 4.80. The van der Waals surface area contributed by atoms with E-state index in [1.54, 1.807) is 0 Å². The molecule has 0 unspecified atom stereocenters. The molecule has 1 saturated carbocycles. The predicted octanol–water partition coefficient (Wildman–Crippen LogP) is 1.12. The average molecular weight is 237 g/mol. The first kappa shape index (κ1) is 12.1. The minimum atomic E-state index is -0.348. The van der Waals surface area contributed by atoms with Gasteiger partial charge >= 0.3 is 0 Å². The fourth-order valence-electron chi connectivity index (χ4n) is 2.44. The van der Waals surface area contributed by atoms with Crippen LogP contribution in [0.1, 0.15) is 37.1 Å². The van der Waals surface area contributed by atoms with Crippen LogP contribution in [0.5, 0.6) is 0 Å². The lowest BCUT2D eigenvalue weighted by atomic mass is 9.85. The first-order chi connectivity index (χ1) is 8.16. The topological polar surface area (TPSA) is 81.2 Å². The van der Waals surface area contributed by atoms with Crippen molar-refractivity contribution in [2.45, 2.75) is 39.2 Å². The number of carbonyl (C=O) groups excluding carboxylic acids is 1. The first-order valence-electron chi connectivity index (χ1n) is 6.07. The number of carbonyl (C=O) groups is 1. The third-order valence-corrected chi connectivity index (χ3v) is 3.54. The number of amides is 1. The molecule has 17 heavy (non-hydrogen) atoms. The summed E-state index contributed by atoms with van der Waals surface area (Å²) >= 11 is 0. The summed E-state index contributed by atoms with van der Waals surface area (Å²) in [4.78, 5) is 12.1.